The van der Waals surface area contributed by atoms with Gasteiger partial charge in [-0.2, -0.15) is 5.10 Å². The van der Waals surface area contributed by atoms with Crippen LogP contribution in [0.4, 0.5) is 0 Å². The Balaban J connectivity index is 1.26. The summed E-state index contributed by atoms with van der Waals surface area (Å²) in [5.41, 5.74) is 8.81. The zero-order valence-electron chi connectivity index (χ0n) is 31.4. The monoisotopic (exact) mass is 737 g/mol. The Kier molecular flexibility index (Phi) is 10.4. The quantitative estimate of drug-likeness (QED) is 0.207. The average molecular weight is 738 g/mol. The van der Waals surface area contributed by atoms with Crippen LogP contribution in [0.25, 0.3) is 33.8 Å². The maximum Gasteiger partial charge on any atom is 0.262 e. The highest BCUT2D eigenvalue weighted by atomic mass is 32.2. The Morgan fingerprint density at radius 3 is 2.57 bits per heavy atom. The van der Waals surface area contributed by atoms with E-state index in [1.165, 1.54) is 48.0 Å². The zero-order valence-corrected chi connectivity index (χ0v) is 32.2. The molecule has 11 nitrogen and oxygen atoms in total. The molecule has 280 valence electrons. The lowest BCUT2D eigenvalue weighted by Crippen LogP contribution is -2.47. The summed E-state index contributed by atoms with van der Waals surface area (Å²) in [6.45, 7) is 4.82. The number of rotatable bonds is 8. The Morgan fingerprint density at radius 1 is 0.981 bits per heavy atom. The van der Waals surface area contributed by atoms with Crippen LogP contribution in [0.2, 0.25) is 0 Å². The summed E-state index contributed by atoms with van der Waals surface area (Å²) < 4.78 is 20.7. The van der Waals surface area contributed by atoms with Crippen LogP contribution in [0.3, 0.4) is 0 Å². The van der Waals surface area contributed by atoms with Crippen LogP contribution in [0, 0.1) is 0 Å². The summed E-state index contributed by atoms with van der Waals surface area (Å²) in [4.78, 5) is 32.3. The molecule has 1 unspecified atom stereocenters. The smallest absolute Gasteiger partial charge is 0.262 e. The van der Waals surface area contributed by atoms with Gasteiger partial charge in [0.15, 0.2) is 0 Å². The summed E-state index contributed by atoms with van der Waals surface area (Å²) in [6.07, 6.45) is 12.0. The minimum atomic E-state index is -0.121. The molecule has 2 aromatic carbocycles. The van der Waals surface area contributed by atoms with Crippen molar-refractivity contribution in [2.24, 2.45) is 7.05 Å². The Bertz CT molecular complexity index is 2040. The van der Waals surface area contributed by atoms with Crippen LogP contribution in [0.15, 0.2) is 42.6 Å². The summed E-state index contributed by atoms with van der Waals surface area (Å²) in [5.74, 6) is 1.09. The first kappa shape index (κ1) is 35.9. The molecule has 8 rings (SSSR count). The normalized spacial score (nSPS) is 19.8. The number of aryl methyl sites for hydroxylation is 1. The first-order valence-electron chi connectivity index (χ1n) is 19.1. The molecule has 2 aromatic heterocycles. The lowest BCUT2D eigenvalue weighted by atomic mass is 9.81. The third-order valence-electron chi connectivity index (χ3n) is 11.7. The maximum atomic E-state index is 14.4. The van der Waals surface area contributed by atoms with E-state index in [1.807, 2.05) is 28.8 Å². The molecule has 3 fully saturated rings. The van der Waals surface area contributed by atoms with Gasteiger partial charge in [0.05, 0.1) is 50.0 Å². The number of allylic oxidation sites excluding steroid dienone is 1. The number of carbonyl (C=O) groups is 2. The Hall–Kier alpha value is -4.10. The number of nitrogens with zero attached hydrogens (tertiary/aromatic N) is 6. The van der Waals surface area contributed by atoms with E-state index in [4.69, 9.17) is 14.6 Å². The van der Waals surface area contributed by atoms with E-state index in [9.17, 15) is 9.59 Å². The van der Waals surface area contributed by atoms with E-state index < -0.39 is 0 Å². The lowest BCUT2D eigenvalue weighted by Gasteiger charge is -2.36. The van der Waals surface area contributed by atoms with Crippen molar-refractivity contribution in [1.29, 1.82) is 0 Å². The fraction of sp³-hybridized carbons (Fsp3) is 0.488. The van der Waals surface area contributed by atoms with Gasteiger partial charge in [0.2, 0.25) is 0 Å². The van der Waals surface area contributed by atoms with Gasteiger partial charge in [-0.05, 0) is 98.8 Å². The molecule has 0 spiro atoms. The number of piperidine rings is 1. The second-order valence-corrected chi connectivity index (χ2v) is 16.0. The number of morpholine rings is 1. The van der Waals surface area contributed by atoms with Crippen molar-refractivity contribution in [3.05, 3.63) is 70.5 Å². The first-order chi connectivity index (χ1) is 25.8. The SMILES string of the molecule is COc1ccc2c(c1)C=C(c1c(C(=O)N3CCCC(N(C)C)C3)cnn1C)Cn1c-2c(C2CCCCC2)c2ccc(C(=O)NSN3CCOCC3)cc21. The largest absolute Gasteiger partial charge is 0.497 e. The molecule has 1 N–H and O–H groups in total. The van der Waals surface area contributed by atoms with Crippen molar-refractivity contribution in [1.82, 2.24) is 33.2 Å². The minimum absolute atomic E-state index is 0.0212. The van der Waals surface area contributed by atoms with Gasteiger partial charge in [0, 0.05) is 73.4 Å². The molecule has 2 saturated heterocycles. The van der Waals surface area contributed by atoms with Crippen molar-refractivity contribution in [2.45, 2.75) is 63.5 Å². The highest BCUT2D eigenvalue weighted by Gasteiger charge is 2.33. The minimum Gasteiger partial charge on any atom is -0.497 e. The Labute approximate surface area is 316 Å². The second-order valence-electron chi connectivity index (χ2n) is 15.1. The van der Waals surface area contributed by atoms with Gasteiger partial charge in [0.25, 0.3) is 11.8 Å². The number of benzene rings is 2. The molecule has 4 aliphatic rings. The first-order valence-corrected chi connectivity index (χ1v) is 19.9. The predicted molar refractivity (Wildman–Crippen MR) is 211 cm³/mol. The molecule has 12 heteroatoms. The predicted octanol–water partition coefficient (Wildman–Crippen LogP) is 6.44. The van der Waals surface area contributed by atoms with E-state index >= 15 is 0 Å². The molecule has 4 aromatic rings. The molecule has 1 saturated carbocycles. The number of hydrogen-bond acceptors (Lipinski definition) is 8. The van der Waals surface area contributed by atoms with Crippen LogP contribution in [-0.2, 0) is 18.3 Å². The van der Waals surface area contributed by atoms with Gasteiger partial charge in [-0.1, -0.05) is 25.3 Å². The second kappa shape index (κ2) is 15.3. The van der Waals surface area contributed by atoms with E-state index in [-0.39, 0.29) is 11.8 Å². The van der Waals surface area contributed by atoms with E-state index in [1.54, 1.807) is 13.3 Å². The molecule has 53 heavy (non-hydrogen) atoms. The number of carbonyl (C=O) groups excluding carboxylic acids is 2. The van der Waals surface area contributed by atoms with Crippen molar-refractivity contribution in [3.8, 4) is 17.0 Å². The van der Waals surface area contributed by atoms with Gasteiger partial charge in [-0.25, -0.2) is 4.31 Å². The molecular formula is C41H51N7O4S. The summed E-state index contributed by atoms with van der Waals surface area (Å²) in [6, 6.07) is 12.9. The Morgan fingerprint density at radius 2 is 1.79 bits per heavy atom. The summed E-state index contributed by atoms with van der Waals surface area (Å²) in [5, 5.41) is 5.88. The molecule has 1 aliphatic carbocycles. The summed E-state index contributed by atoms with van der Waals surface area (Å²) in [7, 11) is 7.82. The van der Waals surface area contributed by atoms with Gasteiger partial charge in [-0.15, -0.1) is 0 Å². The highest BCUT2D eigenvalue weighted by Crippen LogP contribution is 2.48. The number of aromatic nitrogens is 3. The highest BCUT2D eigenvalue weighted by molar-refractivity contribution is 7.95. The van der Waals surface area contributed by atoms with Crippen molar-refractivity contribution in [2.75, 3.05) is 60.6 Å². The van der Waals surface area contributed by atoms with Crippen LogP contribution in [-0.4, -0.2) is 107 Å². The molecule has 5 heterocycles. The third-order valence-corrected chi connectivity index (χ3v) is 12.6. The number of likely N-dealkylation sites (N-methyl/N-ethyl adjacent to an activating group) is 1. The van der Waals surface area contributed by atoms with Crippen LogP contribution in [0.5, 0.6) is 5.75 Å². The van der Waals surface area contributed by atoms with Crippen molar-refractivity contribution in [3.63, 3.8) is 0 Å². The van der Waals surface area contributed by atoms with Crippen molar-refractivity contribution < 1.29 is 19.1 Å². The molecule has 0 bridgehead atoms. The molecule has 1 atom stereocenters. The fourth-order valence-corrected chi connectivity index (χ4v) is 9.50. The topological polar surface area (TPSA) is 97.1 Å². The van der Waals surface area contributed by atoms with E-state index in [0.717, 1.165) is 79.0 Å². The number of fused-ring (bicyclic) bond motifs is 5. The van der Waals surface area contributed by atoms with Gasteiger partial charge in [-0.3, -0.25) is 19.0 Å². The fourth-order valence-electron chi connectivity index (χ4n) is 8.84. The van der Waals surface area contributed by atoms with Gasteiger partial charge < -0.3 is 23.8 Å². The number of methoxy groups -OCH3 is 1. The number of hydrogen-bond donors (Lipinski definition) is 1. The van der Waals surface area contributed by atoms with E-state index in [2.05, 4.69) is 62.9 Å². The average Bonchev–Trinajstić information content (AvgIpc) is 3.68. The molecule has 3 aliphatic heterocycles. The van der Waals surface area contributed by atoms with Crippen LogP contribution >= 0.6 is 12.1 Å². The van der Waals surface area contributed by atoms with Gasteiger partial charge in [0.1, 0.15) is 5.75 Å². The van der Waals surface area contributed by atoms with Crippen molar-refractivity contribution >= 4 is 46.5 Å². The summed E-state index contributed by atoms with van der Waals surface area (Å²) >= 11 is 1.36. The number of ether oxygens (including phenoxy) is 2. The number of likely N-dealkylation sites (tertiary alicyclic amines) is 1. The molecule has 0 radical (unpaired) electrons. The third kappa shape index (κ3) is 7.02. The standard InChI is InChI=1S/C41H51N7O4S/c1-44(2)31-11-8-16-46(26-31)41(50)35-24-42-45(3)38(35)30-21-29-22-32(51-4)13-15-33(29)39-37(27-9-6-5-7-10-27)34-14-12-28(23-36(34)48(39)25-30)40(49)43-53-47-17-19-52-20-18-47/h12-15,21-24,27,31H,5-11,16-20,25-26H2,1-4H3,(H,43,49). The van der Waals surface area contributed by atoms with Crippen LogP contribution < -0.4 is 9.46 Å². The zero-order chi connectivity index (χ0) is 36.6. The number of nitrogens with one attached hydrogen (secondary N) is 1. The lowest BCUT2D eigenvalue weighted by molar-refractivity contribution is 0.0634. The molecule has 2 amide bonds. The number of amides is 2. The maximum absolute atomic E-state index is 14.4. The molecular weight excluding hydrogens is 687 g/mol. The van der Waals surface area contributed by atoms with Gasteiger partial charge >= 0.3 is 0 Å². The van der Waals surface area contributed by atoms with E-state index in [0.29, 0.717) is 49.4 Å². The van der Waals surface area contributed by atoms with Crippen LogP contribution in [0.1, 0.15) is 88.4 Å².